The number of hydrogen-bond acceptors (Lipinski definition) is 7. The maximum Gasteiger partial charge on any atom is 0.262 e. The highest BCUT2D eigenvalue weighted by Crippen LogP contribution is 2.41. The van der Waals surface area contributed by atoms with Gasteiger partial charge in [0, 0.05) is 54.3 Å². The maximum atomic E-state index is 15.8. The molecule has 266 valence electrons. The van der Waals surface area contributed by atoms with E-state index < -0.39 is 22.5 Å². The molecule has 9 nitrogen and oxygen atoms in total. The number of halogens is 1. The average Bonchev–Trinajstić information content (AvgIpc) is 3.34. The number of aryl methyl sites for hydroxylation is 1. The number of nitrogens with zero attached hydrogens (tertiary/aromatic N) is 2. The van der Waals surface area contributed by atoms with Crippen molar-refractivity contribution >= 4 is 58.7 Å². The zero-order valence-corrected chi connectivity index (χ0v) is 30.7. The molecule has 2 aliphatic carbocycles. The van der Waals surface area contributed by atoms with Crippen LogP contribution in [0.3, 0.4) is 0 Å². The number of nitrogens with one attached hydrogen (secondary N) is 3. The summed E-state index contributed by atoms with van der Waals surface area (Å²) in [6, 6.07) is 3.72. The van der Waals surface area contributed by atoms with Crippen LogP contribution in [-0.4, -0.2) is 77.4 Å². The van der Waals surface area contributed by atoms with Crippen LogP contribution in [0.4, 0.5) is 10.1 Å². The third kappa shape index (κ3) is 8.75. The predicted octanol–water partition coefficient (Wildman–Crippen LogP) is 6.36. The smallest absolute Gasteiger partial charge is 0.262 e. The minimum absolute atomic E-state index is 0.0116. The van der Waals surface area contributed by atoms with Gasteiger partial charge in [-0.1, -0.05) is 57.7 Å². The average molecular weight is 712 g/mol. The molecule has 4 amide bonds. The van der Waals surface area contributed by atoms with Crippen molar-refractivity contribution in [2.24, 2.45) is 5.92 Å². The second-order valence-electron chi connectivity index (χ2n) is 13.8. The van der Waals surface area contributed by atoms with E-state index in [2.05, 4.69) is 26.3 Å². The fourth-order valence-corrected chi connectivity index (χ4v) is 8.98. The Kier molecular flexibility index (Phi) is 12.6. The van der Waals surface area contributed by atoms with Gasteiger partial charge in [0.1, 0.15) is 16.6 Å². The molecule has 3 N–H and O–H groups in total. The topological polar surface area (TPSA) is 111 Å². The van der Waals surface area contributed by atoms with Gasteiger partial charge in [-0.2, -0.15) is 0 Å². The highest BCUT2D eigenvalue weighted by atomic mass is 32.2. The van der Waals surface area contributed by atoms with E-state index in [0.29, 0.717) is 24.2 Å². The summed E-state index contributed by atoms with van der Waals surface area (Å²) < 4.78 is 17.8. The largest absolute Gasteiger partial charge is 0.344 e. The van der Waals surface area contributed by atoms with Crippen molar-refractivity contribution < 1.29 is 23.6 Å². The molecule has 5 rings (SSSR count). The van der Waals surface area contributed by atoms with E-state index in [-0.39, 0.29) is 41.7 Å². The van der Waals surface area contributed by atoms with Crippen LogP contribution in [-0.2, 0) is 20.8 Å². The molecule has 12 heteroatoms. The quantitative estimate of drug-likeness (QED) is 0.185. The number of amides is 4. The lowest BCUT2D eigenvalue weighted by Crippen LogP contribution is -2.55. The first-order valence-electron chi connectivity index (χ1n) is 17.6. The van der Waals surface area contributed by atoms with E-state index in [1.54, 1.807) is 29.2 Å². The fraction of sp³-hybridized carbons (Fsp3) is 0.568. The summed E-state index contributed by atoms with van der Waals surface area (Å²) in [6.45, 7) is 8.00. The second-order valence-corrected chi connectivity index (χ2v) is 16.0. The number of anilines is 1. The van der Waals surface area contributed by atoms with Gasteiger partial charge >= 0.3 is 0 Å². The monoisotopic (exact) mass is 711 g/mol. The number of piperazine rings is 1. The van der Waals surface area contributed by atoms with Crippen LogP contribution in [0.15, 0.2) is 29.7 Å². The molecule has 1 saturated carbocycles. The van der Waals surface area contributed by atoms with Crippen LogP contribution < -0.4 is 15.4 Å². The van der Waals surface area contributed by atoms with E-state index >= 15 is 4.39 Å². The summed E-state index contributed by atoms with van der Waals surface area (Å²) >= 11 is 2.71. The van der Waals surface area contributed by atoms with Crippen LogP contribution in [0.25, 0.3) is 6.08 Å². The molecule has 0 bridgehead atoms. The molecule has 1 aromatic carbocycles. The van der Waals surface area contributed by atoms with Crippen LogP contribution in [0, 0.1) is 11.7 Å². The van der Waals surface area contributed by atoms with Gasteiger partial charge in [0.05, 0.1) is 11.3 Å². The van der Waals surface area contributed by atoms with Crippen molar-refractivity contribution in [2.75, 3.05) is 38.5 Å². The van der Waals surface area contributed by atoms with Gasteiger partial charge in [-0.05, 0) is 75.2 Å². The Bertz CT molecular complexity index is 1550. The molecule has 1 aromatic heterocycles. The van der Waals surface area contributed by atoms with Gasteiger partial charge in [0.2, 0.25) is 17.7 Å². The van der Waals surface area contributed by atoms with Crippen molar-refractivity contribution in [1.29, 1.82) is 0 Å². The SMILES string of the molecule is CCC(=O)NC(C(=O)N1CCN(C)CC1)[C@@H](C)c1ccc(NC(=O)[C@](C)(SNC(=O)c2csc3c2C=CCC3)C2CCCCCC2)c(F)c1. The molecular weight excluding hydrogens is 662 g/mol. The Labute approximate surface area is 298 Å². The number of rotatable bonds is 11. The Morgan fingerprint density at radius 3 is 2.47 bits per heavy atom. The molecule has 2 fully saturated rings. The molecule has 3 aliphatic rings. The lowest BCUT2D eigenvalue weighted by Gasteiger charge is -2.36. The number of benzene rings is 1. The van der Waals surface area contributed by atoms with Gasteiger partial charge in [0.25, 0.3) is 5.91 Å². The highest BCUT2D eigenvalue weighted by molar-refractivity contribution is 8.00. The number of carbonyl (C=O) groups is 4. The number of carbonyl (C=O) groups excluding carboxylic acids is 4. The maximum absolute atomic E-state index is 15.8. The summed E-state index contributed by atoms with van der Waals surface area (Å²) in [5.74, 6) is -2.18. The van der Waals surface area contributed by atoms with Crippen molar-refractivity contribution in [3.63, 3.8) is 0 Å². The van der Waals surface area contributed by atoms with Gasteiger partial charge in [-0.25, -0.2) is 4.39 Å². The normalized spacial score (nSPS) is 19.6. The molecule has 2 heterocycles. The van der Waals surface area contributed by atoms with Gasteiger partial charge in [-0.3, -0.25) is 23.9 Å². The van der Waals surface area contributed by atoms with E-state index in [1.165, 1.54) is 17.0 Å². The molecule has 1 aliphatic heterocycles. The Hall–Kier alpha value is -3.22. The summed E-state index contributed by atoms with van der Waals surface area (Å²) in [4.78, 5) is 58.7. The lowest BCUT2D eigenvalue weighted by molar-refractivity contribution is -0.138. The van der Waals surface area contributed by atoms with Crippen molar-refractivity contribution in [1.82, 2.24) is 19.8 Å². The summed E-state index contributed by atoms with van der Waals surface area (Å²) in [5, 5.41) is 7.61. The Balaban J connectivity index is 1.33. The molecule has 0 spiro atoms. The number of hydrogen-bond donors (Lipinski definition) is 3. The summed E-state index contributed by atoms with van der Waals surface area (Å²) in [6.07, 6.45) is 12.1. The third-order valence-corrected chi connectivity index (χ3v) is 12.7. The summed E-state index contributed by atoms with van der Waals surface area (Å²) in [7, 11) is 2.01. The van der Waals surface area contributed by atoms with Gasteiger partial charge < -0.3 is 20.4 Å². The van der Waals surface area contributed by atoms with Crippen molar-refractivity contribution in [3.05, 3.63) is 57.0 Å². The number of fused-ring (bicyclic) bond motifs is 1. The molecular formula is C37H50FN5O4S2. The zero-order valence-electron chi connectivity index (χ0n) is 29.1. The molecule has 2 aromatic rings. The predicted molar refractivity (Wildman–Crippen MR) is 196 cm³/mol. The fourth-order valence-electron chi connectivity index (χ4n) is 6.98. The standard InChI is InChI=1S/C37H50FN5O4S2/c1-5-32(44)40-33(35(46)43-20-18-42(4)19-21-43)24(2)25-16-17-30(29(38)22-25)39-36(47)37(3,26-12-8-6-7-9-13-26)49-41-34(45)28-23-48-31-15-11-10-14-27(28)31/h10,14,16-17,22-24,26,33H,5-9,11-13,15,18-21H2,1-4H3,(H,39,47)(H,40,44)(H,41,45)/t24-,33?,37+/m0/s1. The Morgan fingerprint density at radius 1 is 1.08 bits per heavy atom. The van der Waals surface area contributed by atoms with Crippen molar-refractivity contribution in [2.45, 2.75) is 95.3 Å². The first-order valence-corrected chi connectivity index (χ1v) is 19.3. The van der Waals surface area contributed by atoms with E-state index in [4.69, 9.17) is 0 Å². The number of thiophene rings is 1. The Morgan fingerprint density at radius 2 is 1.80 bits per heavy atom. The van der Waals surface area contributed by atoms with Crippen molar-refractivity contribution in [3.8, 4) is 0 Å². The van der Waals surface area contributed by atoms with Crippen LogP contribution in [0.5, 0.6) is 0 Å². The van der Waals surface area contributed by atoms with Crippen LogP contribution >= 0.6 is 23.3 Å². The molecule has 0 radical (unpaired) electrons. The van der Waals surface area contributed by atoms with E-state index in [0.717, 1.165) is 82.0 Å². The molecule has 1 saturated heterocycles. The molecule has 3 atom stereocenters. The lowest BCUT2D eigenvalue weighted by atomic mass is 9.85. The molecule has 49 heavy (non-hydrogen) atoms. The van der Waals surface area contributed by atoms with Gasteiger partial charge in [-0.15, -0.1) is 11.3 Å². The zero-order chi connectivity index (χ0) is 35.1. The third-order valence-electron chi connectivity index (χ3n) is 10.4. The van der Waals surface area contributed by atoms with Crippen LogP contribution in [0.2, 0.25) is 0 Å². The van der Waals surface area contributed by atoms with Crippen LogP contribution in [0.1, 0.15) is 104 Å². The second kappa shape index (κ2) is 16.7. The number of likely N-dealkylation sites (N-methyl/N-ethyl adjacent to an activating group) is 1. The van der Waals surface area contributed by atoms with E-state index in [1.807, 2.05) is 32.4 Å². The minimum atomic E-state index is -1.05. The first kappa shape index (κ1) is 37.0. The van der Waals surface area contributed by atoms with Gasteiger partial charge in [0.15, 0.2) is 0 Å². The highest BCUT2D eigenvalue weighted by Gasteiger charge is 2.43. The summed E-state index contributed by atoms with van der Waals surface area (Å²) in [5.41, 5.74) is 2.14. The van der Waals surface area contributed by atoms with E-state index in [9.17, 15) is 19.2 Å². The molecule has 1 unspecified atom stereocenters. The first-order chi connectivity index (χ1) is 23.5. The minimum Gasteiger partial charge on any atom is -0.344 e. The number of allylic oxidation sites excluding steroid dienone is 1.